The average Bonchev–Trinajstić information content (AvgIpc) is 3.17. The highest BCUT2D eigenvalue weighted by Gasteiger charge is 2.30. The number of benzene rings is 2. The highest BCUT2D eigenvalue weighted by Crippen LogP contribution is 2.32. The zero-order valence-electron chi connectivity index (χ0n) is 17.7. The van der Waals surface area contributed by atoms with E-state index in [1.54, 1.807) is 0 Å². The van der Waals surface area contributed by atoms with Crippen LogP contribution in [-0.4, -0.2) is 29.0 Å². The van der Waals surface area contributed by atoms with Crippen molar-refractivity contribution >= 4 is 22.8 Å². The van der Waals surface area contributed by atoms with Crippen molar-refractivity contribution in [3.8, 4) is 0 Å². The summed E-state index contributed by atoms with van der Waals surface area (Å²) >= 11 is 0. The van der Waals surface area contributed by atoms with Gasteiger partial charge in [-0.05, 0) is 62.8 Å². The van der Waals surface area contributed by atoms with E-state index in [4.69, 9.17) is 9.97 Å². The minimum Gasteiger partial charge on any atom is -0.349 e. The van der Waals surface area contributed by atoms with E-state index in [1.165, 1.54) is 16.7 Å². The Hall–Kier alpha value is -2.95. The van der Waals surface area contributed by atoms with Gasteiger partial charge in [0.15, 0.2) is 0 Å². The molecule has 1 aliphatic carbocycles. The Bertz CT molecular complexity index is 1100. The zero-order valence-corrected chi connectivity index (χ0v) is 17.7. The maximum atomic E-state index is 12.9. The van der Waals surface area contributed by atoms with Gasteiger partial charge in [0.2, 0.25) is 11.9 Å². The van der Waals surface area contributed by atoms with Gasteiger partial charge in [-0.25, -0.2) is 9.97 Å². The molecule has 1 aliphatic heterocycles. The highest BCUT2D eigenvalue weighted by atomic mass is 16.2. The third-order valence-corrected chi connectivity index (χ3v) is 6.63. The Kier molecular flexibility index (Phi) is 4.89. The number of nitrogens with one attached hydrogen (secondary N) is 1. The number of hydrogen-bond acceptors (Lipinski definition) is 4. The van der Waals surface area contributed by atoms with Crippen LogP contribution in [0.25, 0.3) is 10.9 Å². The first kappa shape index (κ1) is 19.0. The van der Waals surface area contributed by atoms with Crippen molar-refractivity contribution < 1.29 is 4.79 Å². The first-order chi connectivity index (χ1) is 14.6. The Morgan fingerprint density at radius 2 is 1.83 bits per heavy atom. The Morgan fingerprint density at radius 3 is 2.67 bits per heavy atom. The molecule has 1 unspecified atom stereocenters. The first-order valence-corrected chi connectivity index (χ1v) is 11.0. The van der Waals surface area contributed by atoms with Crippen LogP contribution in [0.5, 0.6) is 0 Å². The summed E-state index contributed by atoms with van der Waals surface area (Å²) < 4.78 is 0. The average molecular weight is 401 g/mol. The molecule has 154 valence electrons. The van der Waals surface area contributed by atoms with Crippen LogP contribution in [0.15, 0.2) is 42.5 Å². The molecular formula is C25H28N4O. The molecule has 0 spiro atoms. The fraction of sp³-hybridized carbons (Fsp3) is 0.400. The number of anilines is 1. The molecule has 0 saturated carbocycles. The molecule has 2 aliphatic rings. The largest absolute Gasteiger partial charge is 0.349 e. The van der Waals surface area contributed by atoms with Gasteiger partial charge in [-0.1, -0.05) is 35.9 Å². The van der Waals surface area contributed by atoms with E-state index < -0.39 is 0 Å². The molecular weight excluding hydrogens is 372 g/mol. The van der Waals surface area contributed by atoms with Crippen molar-refractivity contribution in [2.24, 2.45) is 5.92 Å². The third-order valence-electron chi connectivity index (χ3n) is 6.63. The van der Waals surface area contributed by atoms with E-state index in [0.29, 0.717) is 0 Å². The van der Waals surface area contributed by atoms with Crippen LogP contribution in [0.1, 0.15) is 47.7 Å². The maximum Gasteiger partial charge on any atom is 0.226 e. The Balaban J connectivity index is 1.24. The minimum absolute atomic E-state index is 0.0678. The highest BCUT2D eigenvalue weighted by molar-refractivity contribution is 5.83. The van der Waals surface area contributed by atoms with Crippen LogP contribution in [-0.2, 0) is 11.2 Å². The molecule has 1 amide bonds. The molecule has 0 bridgehead atoms. The fourth-order valence-electron chi connectivity index (χ4n) is 4.86. The number of aromatic nitrogens is 2. The smallest absolute Gasteiger partial charge is 0.226 e. The van der Waals surface area contributed by atoms with Gasteiger partial charge in [-0.2, -0.15) is 0 Å². The predicted molar refractivity (Wildman–Crippen MR) is 120 cm³/mol. The number of hydrogen-bond donors (Lipinski definition) is 1. The lowest BCUT2D eigenvalue weighted by Crippen LogP contribution is -2.42. The topological polar surface area (TPSA) is 58.1 Å². The molecule has 30 heavy (non-hydrogen) atoms. The van der Waals surface area contributed by atoms with E-state index in [2.05, 4.69) is 59.6 Å². The van der Waals surface area contributed by atoms with Crippen molar-refractivity contribution in [2.75, 3.05) is 18.0 Å². The quantitative estimate of drug-likeness (QED) is 0.713. The second-order valence-corrected chi connectivity index (χ2v) is 8.69. The van der Waals surface area contributed by atoms with Crippen molar-refractivity contribution in [3.05, 3.63) is 64.8 Å². The SMILES string of the molecule is Cc1ccc2nc(N3CCC(C(=O)NC4CCc5ccccc54)CC3)nc(C)c2c1. The number of fused-ring (bicyclic) bond motifs is 2. The molecule has 0 radical (unpaired) electrons. The van der Waals surface area contributed by atoms with Crippen molar-refractivity contribution in [1.82, 2.24) is 15.3 Å². The molecule has 3 aromatic rings. The van der Waals surface area contributed by atoms with Crippen LogP contribution in [0.2, 0.25) is 0 Å². The Labute approximate surface area is 177 Å². The second kappa shape index (κ2) is 7.71. The van der Waals surface area contributed by atoms with Crippen LogP contribution < -0.4 is 10.2 Å². The van der Waals surface area contributed by atoms with Gasteiger partial charge in [-0.3, -0.25) is 4.79 Å². The normalized spacial score (nSPS) is 19.1. The molecule has 1 aromatic heterocycles. The minimum atomic E-state index is 0.0678. The fourth-order valence-corrected chi connectivity index (χ4v) is 4.86. The lowest BCUT2D eigenvalue weighted by atomic mass is 9.95. The summed E-state index contributed by atoms with van der Waals surface area (Å²) in [5.74, 6) is 1.05. The van der Waals surface area contributed by atoms with E-state index >= 15 is 0 Å². The standard InChI is InChI=1S/C25H28N4O/c1-16-7-9-23-21(15-16)17(2)26-25(28-23)29-13-11-19(12-14-29)24(30)27-22-10-8-18-5-3-4-6-20(18)22/h3-7,9,15,19,22H,8,10-14H2,1-2H3,(H,27,30). The van der Waals surface area contributed by atoms with Gasteiger partial charge in [0.05, 0.1) is 17.3 Å². The molecule has 2 heterocycles. The van der Waals surface area contributed by atoms with Crippen LogP contribution in [0.3, 0.4) is 0 Å². The Morgan fingerprint density at radius 1 is 1.03 bits per heavy atom. The second-order valence-electron chi connectivity index (χ2n) is 8.69. The lowest BCUT2D eigenvalue weighted by Gasteiger charge is -2.32. The molecule has 5 nitrogen and oxygen atoms in total. The van der Waals surface area contributed by atoms with Crippen LogP contribution in [0, 0.1) is 19.8 Å². The van der Waals surface area contributed by atoms with Gasteiger partial charge in [-0.15, -0.1) is 0 Å². The number of amides is 1. The van der Waals surface area contributed by atoms with Crippen molar-refractivity contribution in [2.45, 2.75) is 45.6 Å². The molecule has 5 rings (SSSR count). The number of piperidine rings is 1. The number of aryl methyl sites for hydroxylation is 3. The van der Waals surface area contributed by atoms with E-state index in [-0.39, 0.29) is 17.9 Å². The molecule has 1 atom stereocenters. The van der Waals surface area contributed by atoms with Crippen molar-refractivity contribution in [1.29, 1.82) is 0 Å². The van der Waals surface area contributed by atoms with Gasteiger partial charge in [0.1, 0.15) is 0 Å². The predicted octanol–water partition coefficient (Wildman–Crippen LogP) is 4.27. The molecule has 1 saturated heterocycles. The van der Waals surface area contributed by atoms with Gasteiger partial charge < -0.3 is 10.2 Å². The molecule has 1 N–H and O–H groups in total. The summed E-state index contributed by atoms with van der Waals surface area (Å²) in [5.41, 5.74) is 5.88. The number of nitrogens with zero attached hydrogens (tertiary/aromatic N) is 3. The number of rotatable bonds is 3. The zero-order chi connectivity index (χ0) is 20.7. The van der Waals surface area contributed by atoms with E-state index in [1.807, 2.05) is 6.92 Å². The van der Waals surface area contributed by atoms with Gasteiger partial charge >= 0.3 is 0 Å². The molecule has 2 aromatic carbocycles. The molecule has 1 fully saturated rings. The summed E-state index contributed by atoms with van der Waals surface area (Å²) in [5, 5.41) is 4.42. The van der Waals surface area contributed by atoms with Crippen molar-refractivity contribution in [3.63, 3.8) is 0 Å². The van der Waals surface area contributed by atoms with Crippen LogP contribution in [0.4, 0.5) is 5.95 Å². The van der Waals surface area contributed by atoms with E-state index in [9.17, 15) is 4.79 Å². The maximum absolute atomic E-state index is 12.9. The lowest BCUT2D eigenvalue weighted by molar-refractivity contribution is -0.126. The first-order valence-electron chi connectivity index (χ1n) is 11.0. The van der Waals surface area contributed by atoms with E-state index in [0.717, 1.165) is 61.3 Å². The number of carbonyl (C=O) groups is 1. The summed E-state index contributed by atoms with van der Waals surface area (Å²) in [6, 6.07) is 14.9. The summed E-state index contributed by atoms with van der Waals surface area (Å²) in [7, 11) is 0. The van der Waals surface area contributed by atoms with Crippen LogP contribution >= 0.6 is 0 Å². The summed E-state index contributed by atoms with van der Waals surface area (Å²) in [4.78, 5) is 24.7. The monoisotopic (exact) mass is 400 g/mol. The van der Waals surface area contributed by atoms with Gasteiger partial charge in [0.25, 0.3) is 0 Å². The number of carbonyl (C=O) groups excluding carboxylic acids is 1. The summed E-state index contributed by atoms with van der Waals surface area (Å²) in [6.07, 6.45) is 3.74. The summed E-state index contributed by atoms with van der Waals surface area (Å²) in [6.45, 7) is 5.77. The third kappa shape index (κ3) is 3.53. The molecule has 5 heteroatoms. The van der Waals surface area contributed by atoms with Gasteiger partial charge in [0, 0.05) is 24.4 Å².